The number of hydrogen-bond acceptors (Lipinski definition) is 3. The maximum atomic E-state index is 11.6. The Labute approximate surface area is 118 Å². The maximum Gasteiger partial charge on any atom is 0.331 e. The highest BCUT2D eigenvalue weighted by molar-refractivity contribution is 5.90. The molecule has 1 aliphatic rings. The molecule has 20 heavy (non-hydrogen) atoms. The van der Waals surface area contributed by atoms with Crippen LogP contribution >= 0.6 is 0 Å². The van der Waals surface area contributed by atoms with Crippen molar-refractivity contribution in [1.82, 2.24) is 5.32 Å². The van der Waals surface area contributed by atoms with Crippen molar-refractivity contribution < 1.29 is 14.3 Å². The van der Waals surface area contributed by atoms with Crippen LogP contribution in [-0.4, -0.2) is 24.0 Å². The number of nitrogens with one attached hydrogen (secondary N) is 1. The molecule has 1 fully saturated rings. The van der Waals surface area contributed by atoms with Crippen LogP contribution < -0.4 is 5.32 Å². The molecule has 1 aromatic rings. The second kappa shape index (κ2) is 6.37. The summed E-state index contributed by atoms with van der Waals surface area (Å²) in [6, 6.07) is 8.05. The summed E-state index contributed by atoms with van der Waals surface area (Å²) in [7, 11) is 0. The zero-order valence-corrected chi connectivity index (χ0v) is 11.8. The predicted octanol–water partition coefficient (Wildman–Crippen LogP) is 2.22. The first-order chi connectivity index (χ1) is 9.54. The zero-order chi connectivity index (χ0) is 14.5. The van der Waals surface area contributed by atoms with Gasteiger partial charge in [-0.05, 0) is 38.3 Å². The number of carbonyl (C=O) groups excluding carboxylic acids is 2. The average molecular weight is 273 g/mol. The lowest BCUT2D eigenvalue weighted by Crippen LogP contribution is -2.36. The number of hydrogen-bond donors (Lipinski definition) is 1. The second-order valence-electron chi connectivity index (χ2n) is 5.11. The van der Waals surface area contributed by atoms with Gasteiger partial charge in [-0.25, -0.2) is 4.79 Å². The highest BCUT2D eigenvalue weighted by Crippen LogP contribution is 2.18. The Morgan fingerprint density at radius 2 is 2.15 bits per heavy atom. The summed E-state index contributed by atoms with van der Waals surface area (Å²) >= 11 is 0. The van der Waals surface area contributed by atoms with E-state index in [1.165, 1.54) is 6.08 Å². The van der Waals surface area contributed by atoms with Gasteiger partial charge in [-0.1, -0.05) is 29.8 Å². The van der Waals surface area contributed by atoms with Gasteiger partial charge >= 0.3 is 5.97 Å². The Morgan fingerprint density at radius 3 is 2.80 bits per heavy atom. The van der Waals surface area contributed by atoms with Gasteiger partial charge in [0.25, 0.3) is 5.91 Å². The third kappa shape index (κ3) is 4.53. The van der Waals surface area contributed by atoms with Crippen molar-refractivity contribution in [3.8, 4) is 0 Å². The summed E-state index contributed by atoms with van der Waals surface area (Å²) in [5.74, 6) is -0.741. The Kier molecular flexibility index (Phi) is 4.56. The molecule has 1 aromatic carbocycles. The van der Waals surface area contributed by atoms with Crippen molar-refractivity contribution in [2.75, 3.05) is 0 Å². The molecule has 1 atom stereocenters. The molecule has 0 bridgehead atoms. The predicted molar refractivity (Wildman–Crippen MR) is 76.9 cm³/mol. The molecule has 0 aliphatic heterocycles. The van der Waals surface area contributed by atoms with Crippen LogP contribution in [0.1, 0.15) is 30.9 Å². The lowest BCUT2D eigenvalue weighted by molar-refractivity contribution is -0.150. The first-order valence-electron chi connectivity index (χ1n) is 6.80. The Bertz CT molecular complexity index is 532. The molecule has 1 aliphatic carbocycles. The van der Waals surface area contributed by atoms with Crippen LogP contribution in [-0.2, 0) is 14.3 Å². The molecule has 0 heterocycles. The molecule has 2 rings (SSSR count). The molecule has 4 nitrogen and oxygen atoms in total. The maximum absolute atomic E-state index is 11.6. The van der Waals surface area contributed by atoms with Gasteiger partial charge in [0.2, 0.25) is 0 Å². The van der Waals surface area contributed by atoms with Crippen molar-refractivity contribution in [2.24, 2.45) is 0 Å². The minimum Gasteiger partial charge on any atom is -0.449 e. The highest BCUT2D eigenvalue weighted by atomic mass is 16.5. The number of ether oxygens (including phenoxy) is 1. The van der Waals surface area contributed by atoms with Crippen molar-refractivity contribution in [1.29, 1.82) is 0 Å². The largest absolute Gasteiger partial charge is 0.449 e. The van der Waals surface area contributed by atoms with Crippen molar-refractivity contribution >= 4 is 18.0 Å². The van der Waals surface area contributed by atoms with Crippen LogP contribution in [0.15, 0.2) is 30.3 Å². The monoisotopic (exact) mass is 273 g/mol. The number of rotatable bonds is 5. The lowest BCUT2D eigenvalue weighted by Gasteiger charge is -2.11. The van der Waals surface area contributed by atoms with Crippen molar-refractivity contribution in [3.63, 3.8) is 0 Å². The number of esters is 1. The van der Waals surface area contributed by atoms with Gasteiger partial charge in [-0.15, -0.1) is 0 Å². The molecule has 106 valence electrons. The fourth-order valence-electron chi connectivity index (χ4n) is 1.75. The van der Waals surface area contributed by atoms with Crippen LogP contribution in [0.3, 0.4) is 0 Å². The van der Waals surface area contributed by atoms with E-state index >= 15 is 0 Å². The Hall–Kier alpha value is -2.10. The molecule has 1 amide bonds. The molecular weight excluding hydrogens is 254 g/mol. The van der Waals surface area contributed by atoms with Gasteiger partial charge in [0.05, 0.1) is 0 Å². The minimum atomic E-state index is -0.759. The van der Waals surface area contributed by atoms with E-state index in [0.29, 0.717) is 0 Å². The first-order valence-corrected chi connectivity index (χ1v) is 6.80. The van der Waals surface area contributed by atoms with E-state index in [9.17, 15) is 9.59 Å². The van der Waals surface area contributed by atoms with Crippen LogP contribution in [0.25, 0.3) is 6.08 Å². The van der Waals surface area contributed by atoms with Crippen LogP contribution in [0.4, 0.5) is 0 Å². The molecule has 1 saturated carbocycles. The Morgan fingerprint density at radius 1 is 1.40 bits per heavy atom. The Balaban J connectivity index is 1.83. The van der Waals surface area contributed by atoms with Gasteiger partial charge in [0, 0.05) is 12.1 Å². The van der Waals surface area contributed by atoms with Crippen LogP contribution in [0.5, 0.6) is 0 Å². The van der Waals surface area contributed by atoms with E-state index in [4.69, 9.17) is 4.74 Å². The molecule has 4 heteroatoms. The standard InChI is InChI=1S/C16H19NO3/c1-11-4-3-5-13(10-11)6-9-15(18)20-12(2)16(19)17-14-7-8-14/h3-6,9-10,12,14H,7-8H2,1-2H3,(H,17,19)/b9-6+/t12-/m0/s1. The van der Waals surface area contributed by atoms with E-state index in [1.807, 2.05) is 31.2 Å². The van der Waals surface area contributed by atoms with Gasteiger partial charge in [0.1, 0.15) is 0 Å². The van der Waals surface area contributed by atoms with E-state index in [0.717, 1.165) is 24.0 Å². The smallest absolute Gasteiger partial charge is 0.331 e. The summed E-state index contributed by atoms with van der Waals surface area (Å²) in [4.78, 5) is 23.3. The van der Waals surface area contributed by atoms with Crippen LogP contribution in [0.2, 0.25) is 0 Å². The minimum absolute atomic E-state index is 0.232. The average Bonchev–Trinajstić information content (AvgIpc) is 3.20. The SMILES string of the molecule is Cc1cccc(/C=C/C(=O)O[C@@H](C)C(=O)NC2CC2)c1. The molecule has 1 N–H and O–H groups in total. The summed E-state index contributed by atoms with van der Waals surface area (Å²) in [6.45, 7) is 3.57. The van der Waals surface area contributed by atoms with Crippen molar-refractivity contribution in [3.05, 3.63) is 41.5 Å². The van der Waals surface area contributed by atoms with E-state index in [2.05, 4.69) is 5.32 Å². The molecule has 0 unspecified atom stereocenters. The van der Waals surface area contributed by atoms with Crippen LogP contribution in [0, 0.1) is 6.92 Å². The molecule has 0 radical (unpaired) electrons. The highest BCUT2D eigenvalue weighted by Gasteiger charge is 2.26. The van der Waals surface area contributed by atoms with Gasteiger partial charge in [-0.2, -0.15) is 0 Å². The number of carbonyl (C=O) groups is 2. The van der Waals surface area contributed by atoms with Gasteiger partial charge in [0.15, 0.2) is 6.10 Å². The molecule has 0 aromatic heterocycles. The summed E-state index contributed by atoms with van der Waals surface area (Å²) in [5, 5.41) is 2.80. The lowest BCUT2D eigenvalue weighted by atomic mass is 10.1. The molecule has 0 saturated heterocycles. The van der Waals surface area contributed by atoms with E-state index < -0.39 is 12.1 Å². The number of aryl methyl sites for hydroxylation is 1. The fraction of sp³-hybridized carbons (Fsp3) is 0.375. The van der Waals surface area contributed by atoms with E-state index in [-0.39, 0.29) is 11.9 Å². The number of amides is 1. The quantitative estimate of drug-likeness (QED) is 0.661. The third-order valence-electron chi connectivity index (χ3n) is 3.04. The normalized spacial score (nSPS) is 15.9. The molecule has 0 spiro atoms. The topological polar surface area (TPSA) is 55.4 Å². The zero-order valence-electron chi connectivity index (χ0n) is 11.8. The van der Waals surface area contributed by atoms with Crippen molar-refractivity contribution in [2.45, 2.75) is 38.8 Å². The van der Waals surface area contributed by atoms with Gasteiger partial charge < -0.3 is 10.1 Å². The third-order valence-corrected chi connectivity index (χ3v) is 3.04. The van der Waals surface area contributed by atoms with Gasteiger partial charge in [-0.3, -0.25) is 4.79 Å². The summed E-state index contributed by atoms with van der Waals surface area (Å²) < 4.78 is 5.05. The first kappa shape index (κ1) is 14.3. The summed E-state index contributed by atoms with van der Waals surface area (Å²) in [6.07, 6.45) is 4.29. The molecular formula is C16H19NO3. The fourth-order valence-corrected chi connectivity index (χ4v) is 1.75. The summed E-state index contributed by atoms with van der Waals surface area (Å²) in [5.41, 5.74) is 2.05. The number of benzene rings is 1. The van der Waals surface area contributed by atoms with E-state index in [1.54, 1.807) is 13.0 Å². The second-order valence-corrected chi connectivity index (χ2v) is 5.11.